The molecule has 1 atom stereocenters. The monoisotopic (exact) mass is 701 g/mol. The van der Waals surface area contributed by atoms with E-state index in [1.807, 2.05) is 48.1 Å². The Morgan fingerprint density at radius 1 is 1.20 bits per heavy atom. The van der Waals surface area contributed by atoms with Gasteiger partial charge in [0.2, 0.25) is 11.6 Å². The summed E-state index contributed by atoms with van der Waals surface area (Å²) >= 11 is 3.06. The van der Waals surface area contributed by atoms with Gasteiger partial charge in [-0.3, -0.25) is 4.52 Å². The Hall–Kier alpha value is -4.87. The standard InChI is InChI=1S/C28H25BrFN7O7S/c1-3-7-18-17(4-2)21(20-9-6-5-8-19(18)20)15-42-27(38)36-45(40,41)32-13-12-31-25-24(33-44-34-25)26-35-43-28(39)37(26)16-10-11-23(30)22(29)14-16/h3-11,14,21,32H,2,12-13,15H2,1H3,(H,31,34)(H,36,38)/b7-3-. The van der Waals surface area contributed by atoms with Crippen LogP contribution < -0.4 is 20.5 Å². The molecule has 1 unspecified atom stereocenters. The third-order valence-corrected chi connectivity index (χ3v) is 8.27. The van der Waals surface area contributed by atoms with E-state index in [2.05, 4.69) is 48.0 Å². The van der Waals surface area contributed by atoms with Crippen molar-refractivity contribution in [2.75, 3.05) is 25.0 Å². The van der Waals surface area contributed by atoms with E-state index in [4.69, 9.17) is 13.9 Å². The molecule has 0 saturated carbocycles. The smallest absolute Gasteiger partial charge is 0.446 e. The lowest BCUT2D eigenvalue weighted by Crippen LogP contribution is -2.42. The maximum Gasteiger partial charge on any atom is 0.446 e. The highest BCUT2D eigenvalue weighted by atomic mass is 79.9. The van der Waals surface area contributed by atoms with E-state index in [-0.39, 0.29) is 53.1 Å². The molecule has 17 heteroatoms. The van der Waals surface area contributed by atoms with Gasteiger partial charge in [0, 0.05) is 19.0 Å². The summed E-state index contributed by atoms with van der Waals surface area (Å²) < 4.78 is 58.6. The lowest BCUT2D eigenvalue weighted by atomic mass is 9.97. The molecule has 4 aromatic rings. The van der Waals surface area contributed by atoms with Gasteiger partial charge in [0.1, 0.15) is 12.4 Å². The van der Waals surface area contributed by atoms with Crippen LogP contribution in [0.5, 0.6) is 0 Å². The molecular weight excluding hydrogens is 677 g/mol. The largest absolute Gasteiger partial charge is 0.448 e. The molecule has 45 heavy (non-hydrogen) atoms. The van der Waals surface area contributed by atoms with Gasteiger partial charge in [-0.25, -0.2) is 27.9 Å². The van der Waals surface area contributed by atoms with Gasteiger partial charge in [0.15, 0.2) is 5.69 Å². The van der Waals surface area contributed by atoms with Gasteiger partial charge < -0.3 is 10.1 Å². The number of nitrogens with one attached hydrogen (secondary N) is 3. The van der Waals surface area contributed by atoms with Crippen molar-refractivity contribution >= 4 is 43.6 Å². The lowest BCUT2D eigenvalue weighted by Gasteiger charge is -2.15. The molecule has 0 spiro atoms. The Morgan fingerprint density at radius 3 is 2.76 bits per heavy atom. The molecule has 0 bridgehead atoms. The third-order valence-electron chi connectivity index (χ3n) is 6.64. The molecule has 2 aromatic heterocycles. The minimum Gasteiger partial charge on any atom is -0.448 e. The van der Waals surface area contributed by atoms with Crippen LogP contribution in [0.25, 0.3) is 22.8 Å². The lowest BCUT2D eigenvalue weighted by molar-refractivity contribution is 0.149. The Labute approximate surface area is 263 Å². The molecule has 1 amide bonds. The van der Waals surface area contributed by atoms with Gasteiger partial charge in [-0.2, -0.15) is 13.1 Å². The van der Waals surface area contributed by atoms with Gasteiger partial charge >= 0.3 is 22.1 Å². The highest BCUT2D eigenvalue weighted by molar-refractivity contribution is 9.10. The van der Waals surface area contributed by atoms with E-state index in [9.17, 15) is 22.4 Å². The van der Waals surface area contributed by atoms with E-state index >= 15 is 0 Å². The number of allylic oxidation sites excluding steroid dienone is 4. The van der Waals surface area contributed by atoms with Gasteiger partial charge in [-0.1, -0.05) is 54.2 Å². The number of hydrogen-bond donors (Lipinski definition) is 3. The zero-order chi connectivity index (χ0) is 32.1. The van der Waals surface area contributed by atoms with Crippen molar-refractivity contribution in [1.82, 2.24) is 29.5 Å². The number of aromatic nitrogens is 4. The van der Waals surface area contributed by atoms with Gasteiger partial charge in [0.25, 0.3) is 0 Å². The molecule has 1 aliphatic rings. The molecule has 0 fully saturated rings. The Morgan fingerprint density at radius 2 is 2.00 bits per heavy atom. The number of halogens is 2. The summed E-state index contributed by atoms with van der Waals surface area (Å²) in [7, 11) is -4.30. The molecule has 2 heterocycles. The van der Waals surface area contributed by atoms with Crippen LogP contribution in [-0.2, 0) is 14.9 Å². The average Bonchev–Trinajstić information content (AvgIpc) is 3.71. The number of rotatable bonds is 12. The molecule has 1 aliphatic carbocycles. The fourth-order valence-electron chi connectivity index (χ4n) is 4.74. The van der Waals surface area contributed by atoms with Crippen LogP contribution in [0.4, 0.5) is 15.0 Å². The fourth-order valence-corrected chi connectivity index (χ4v) is 5.83. The Kier molecular flexibility index (Phi) is 9.40. The zero-order valence-corrected chi connectivity index (χ0v) is 25.9. The first-order chi connectivity index (χ1) is 21.6. The molecule has 5 rings (SSSR count). The first-order valence-electron chi connectivity index (χ1n) is 13.3. The van der Waals surface area contributed by atoms with Crippen LogP contribution in [-0.4, -0.2) is 54.2 Å². The van der Waals surface area contributed by atoms with Gasteiger partial charge in [0.05, 0.1) is 10.2 Å². The van der Waals surface area contributed by atoms with Crippen LogP contribution in [0.2, 0.25) is 0 Å². The van der Waals surface area contributed by atoms with Crippen LogP contribution in [0.15, 0.2) is 91.3 Å². The number of carbonyl (C=O) groups excluding carboxylic acids is 1. The Bertz CT molecular complexity index is 1980. The van der Waals surface area contributed by atoms with Crippen molar-refractivity contribution in [2.24, 2.45) is 0 Å². The molecule has 0 aliphatic heterocycles. The summed E-state index contributed by atoms with van der Waals surface area (Å²) in [6, 6.07) is 11.5. The predicted octanol–water partition coefficient (Wildman–Crippen LogP) is 4.06. The highest BCUT2D eigenvalue weighted by Crippen LogP contribution is 2.43. The van der Waals surface area contributed by atoms with Crippen LogP contribution in [0, 0.1) is 5.82 Å². The number of ether oxygens (including phenoxy) is 1. The minimum atomic E-state index is -4.30. The predicted molar refractivity (Wildman–Crippen MR) is 164 cm³/mol. The second-order valence-corrected chi connectivity index (χ2v) is 11.8. The van der Waals surface area contributed by atoms with Crippen LogP contribution in [0.3, 0.4) is 0 Å². The van der Waals surface area contributed by atoms with Crippen molar-refractivity contribution in [3.05, 3.63) is 105 Å². The van der Waals surface area contributed by atoms with Gasteiger partial charge in [-0.05, 0) is 73.6 Å². The zero-order valence-electron chi connectivity index (χ0n) is 23.5. The molecule has 14 nitrogen and oxygen atoms in total. The number of amides is 1. The first kappa shape index (κ1) is 31.6. The van der Waals surface area contributed by atoms with Gasteiger partial charge in [-0.15, -0.1) is 0 Å². The SMILES string of the molecule is C=CC1=C(/C=C\C)c2ccccc2C1COC(=O)NS(=O)(=O)NCCNc1nonc1-c1noc(=O)n1-c1ccc(F)c(Br)c1. The number of benzene rings is 2. The number of fused-ring (bicyclic) bond motifs is 1. The second-order valence-electron chi connectivity index (χ2n) is 9.41. The highest BCUT2D eigenvalue weighted by Gasteiger charge is 2.30. The summed E-state index contributed by atoms with van der Waals surface area (Å²) in [6.45, 7) is 5.42. The molecule has 0 radical (unpaired) electrons. The summed E-state index contributed by atoms with van der Waals surface area (Å²) in [6.07, 6.45) is 4.39. The van der Waals surface area contributed by atoms with Crippen molar-refractivity contribution < 1.29 is 31.5 Å². The van der Waals surface area contributed by atoms with E-state index in [1.165, 1.54) is 12.1 Å². The third kappa shape index (κ3) is 6.79. The van der Waals surface area contributed by atoms with Crippen LogP contribution >= 0.6 is 15.9 Å². The van der Waals surface area contributed by atoms with Crippen molar-refractivity contribution in [2.45, 2.75) is 12.8 Å². The van der Waals surface area contributed by atoms with E-state index < -0.39 is 27.9 Å². The quantitative estimate of drug-likeness (QED) is 0.181. The minimum absolute atomic E-state index is 0.00463. The maximum absolute atomic E-state index is 13.7. The van der Waals surface area contributed by atoms with E-state index in [0.717, 1.165) is 32.9 Å². The van der Waals surface area contributed by atoms with Crippen molar-refractivity contribution in [3.8, 4) is 17.2 Å². The molecule has 0 saturated heterocycles. The molecule has 3 N–H and O–H groups in total. The molecular formula is C28H25BrFN7O7S. The number of anilines is 1. The normalized spacial score (nSPS) is 14.5. The number of hydrogen-bond acceptors (Lipinski definition) is 11. The summed E-state index contributed by atoms with van der Waals surface area (Å²) in [5, 5.41) is 14.0. The maximum atomic E-state index is 13.7. The fraction of sp³-hybridized carbons (Fsp3) is 0.179. The topological polar surface area (TPSA) is 183 Å². The summed E-state index contributed by atoms with van der Waals surface area (Å²) in [4.78, 5) is 24.8. The molecule has 2 aromatic carbocycles. The number of carbonyl (C=O) groups is 1. The summed E-state index contributed by atoms with van der Waals surface area (Å²) in [5.74, 6) is -1.84. The van der Waals surface area contributed by atoms with Crippen molar-refractivity contribution in [3.63, 3.8) is 0 Å². The van der Waals surface area contributed by atoms with Crippen molar-refractivity contribution in [1.29, 1.82) is 0 Å². The summed E-state index contributed by atoms with van der Waals surface area (Å²) in [5.41, 5.74) is 3.93. The van der Waals surface area contributed by atoms with E-state index in [0.29, 0.717) is 0 Å². The van der Waals surface area contributed by atoms with E-state index in [1.54, 1.807) is 6.08 Å². The van der Waals surface area contributed by atoms with Crippen LogP contribution in [0.1, 0.15) is 24.0 Å². The number of nitrogens with zero attached hydrogens (tertiary/aromatic N) is 4. The average molecular weight is 703 g/mol. The first-order valence-corrected chi connectivity index (χ1v) is 15.5. The Balaban J connectivity index is 1.17. The molecule has 234 valence electrons. The second kappa shape index (κ2) is 13.4.